The Hall–Kier alpha value is -4.60. The van der Waals surface area contributed by atoms with Gasteiger partial charge in [-0.25, -0.2) is 0 Å². The van der Waals surface area contributed by atoms with Crippen LogP contribution in [0.25, 0.3) is 0 Å². The van der Waals surface area contributed by atoms with Crippen molar-refractivity contribution in [2.75, 3.05) is 66.6 Å². The average molecular weight is 779 g/mol. The number of anilines is 2. The number of halogens is 3. The number of methoxy groups -OCH3 is 4. The van der Waals surface area contributed by atoms with Gasteiger partial charge in [0.2, 0.25) is 11.7 Å². The van der Waals surface area contributed by atoms with Crippen LogP contribution in [0.3, 0.4) is 0 Å². The van der Waals surface area contributed by atoms with Gasteiger partial charge in [-0.15, -0.1) is 13.2 Å². The van der Waals surface area contributed by atoms with Crippen molar-refractivity contribution in [1.29, 1.82) is 0 Å². The summed E-state index contributed by atoms with van der Waals surface area (Å²) in [4.78, 5) is 33.4. The normalized spacial score (nSPS) is 10.0. The summed E-state index contributed by atoms with van der Waals surface area (Å²) >= 11 is 0. The number of likely N-dealkylation sites (N-methyl/N-ethyl adjacent to an activating group) is 1. The van der Waals surface area contributed by atoms with Crippen LogP contribution in [0.5, 0.6) is 28.7 Å². The van der Waals surface area contributed by atoms with Gasteiger partial charge in [0.1, 0.15) is 0 Å². The number of hydrogen-bond donors (Lipinski definition) is 3. The third-order valence-electron chi connectivity index (χ3n) is 6.72. The fraction of sp³-hybridized carbons (Fsp3) is 0.605. The van der Waals surface area contributed by atoms with Crippen LogP contribution in [0.2, 0.25) is 0 Å². The van der Waals surface area contributed by atoms with Crippen LogP contribution in [-0.2, 0) is 19.1 Å². The molecule has 0 radical (unpaired) electrons. The number of nitrogens with zero attached hydrogens (tertiary/aromatic N) is 1. The van der Waals surface area contributed by atoms with Gasteiger partial charge in [0.25, 0.3) is 6.47 Å². The van der Waals surface area contributed by atoms with Crippen LogP contribution in [0, 0.1) is 5.92 Å². The molecule has 0 heterocycles. The average Bonchev–Trinajstić information content (AvgIpc) is 3.11. The lowest BCUT2D eigenvalue weighted by Crippen LogP contribution is -2.33. The Kier molecular flexibility index (Phi) is 32.9. The molecule has 16 heteroatoms. The van der Waals surface area contributed by atoms with Crippen molar-refractivity contribution in [1.82, 2.24) is 10.2 Å². The van der Waals surface area contributed by atoms with Gasteiger partial charge in [0, 0.05) is 56.0 Å². The molecule has 0 saturated heterocycles. The second-order valence-electron chi connectivity index (χ2n) is 11.6. The number of nitrogens with two attached hydrogens (primary N) is 2. The van der Waals surface area contributed by atoms with E-state index in [-0.39, 0.29) is 5.91 Å². The van der Waals surface area contributed by atoms with Crippen LogP contribution >= 0.6 is 0 Å². The molecule has 1 amide bonds. The Bertz CT molecular complexity index is 1260. The number of rotatable bonds is 18. The van der Waals surface area contributed by atoms with Crippen LogP contribution < -0.4 is 40.5 Å². The minimum absolute atomic E-state index is 0.199. The van der Waals surface area contributed by atoms with Crippen LogP contribution in [0.1, 0.15) is 86.5 Å². The van der Waals surface area contributed by atoms with E-state index in [0.717, 1.165) is 26.1 Å². The molecule has 0 aliphatic rings. The van der Waals surface area contributed by atoms with E-state index in [2.05, 4.69) is 47.5 Å². The zero-order valence-corrected chi connectivity index (χ0v) is 34.0. The number of benzene rings is 2. The van der Waals surface area contributed by atoms with Gasteiger partial charge < -0.3 is 50.1 Å². The second kappa shape index (κ2) is 33.0. The molecule has 2 rings (SSSR count). The maximum absolute atomic E-state index is 11.5. The molecule has 312 valence electrons. The van der Waals surface area contributed by atoms with Crippen molar-refractivity contribution >= 4 is 29.7 Å². The van der Waals surface area contributed by atoms with E-state index in [1.807, 2.05) is 13.8 Å². The summed E-state index contributed by atoms with van der Waals surface area (Å²) in [5.74, 6) is 1.96. The highest BCUT2D eigenvalue weighted by Gasteiger charge is 2.32. The summed E-state index contributed by atoms with van der Waals surface area (Å²) < 4.78 is 60.2. The number of alkyl halides is 3. The smallest absolute Gasteiger partial charge is 0.493 e. The largest absolute Gasteiger partial charge is 0.575 e. The quantitative estimate of drug-likeness (QED) is 0.0585. The Morgan fingerprint density at radius 2 is 1.37 bits per heavy atom. The van der Waals surface area contributed by atoms with Crippen molar-refractivity contribution in [3.8, 4) is 28.7 Å². The van der Waals surface area contributed by atoms with E-state index in [0.29, 0.717) is 65.9 Å². The van der Waals surface area contributed by atoms with Crippen LogP contribution in [0.15, 0.2) is 30.3 Å². The van der Waals surface area contributed by atoms with E-state index in [9.17, 15) is 27.6 Å². The number of carbonyl (C=O) groups is 3. The molecule has 0 aliphatic heterocycles. The molecule has 54 heavy (non-hydrogen) atoms. The number of esters is 1. The van der Waals surface area contributed by atoms with Crippen molar-refractivity contribution in [3.05, 3.63) is 30.3 Å². The number of nitrogens with one attached hydrogen (secondary N) is 1. The number of amides is 1. The number of nitrogen functional groups attached to an aromatic ring is 2. The SMILES string of the molecule is CC.CC(=O)OC(F)(F)F.CCCCCCCN(C)CCNC(=O)CCC(C)C.COc1cc(N)cc(OC)c1OC.COc1ccc(N)cc1OC=O. The molecule has 0 fully saturated rings. The highest BCUT2D eigenvalue weighted by Crippen LogP contribution is 2.38. The van der Waals surface area contributed by atoms with Crippen LogP contribution in [0.4, 0.5) is 24.5 Å². The highest BCUT2D eigenvalue weighted by molar-refractivity contribution is 5.75. The first-order valence-electron chi connectivity index (χ1n) is 17.8. The van der Waals surface area contributed by atoms with Crippen molar-refractivity contribution in [2.45, 2.75) is 92.9 Å². The number of ether oxygens (including phenoxy) is 6. The van der Waals surface area contributed by atoms with E-state index >= 15 is 0 Å². The molecule has 0 aliphatic carbocycles. The topological polar surface area (TPSA) is 174 Å². The Labute approximate surface area is 320 Å². The predicted molar refractivity (Wildman–Crippen MR) is 207 cm³/mol. The number of carbonyl (C=O) groups excluding carboxylic acids is 3. The summed E-state index contributed by atoms with van der Waals surface area (Å²) in [5, 5.41) is 3.00. The lowest BCUT2D eigenvalue weighted by atomic mass is 10.1. The second-order valence-corrected chi connectivity index (χ2v) is 11.6. The van der Waals surface area contributed by atoms with E-state index < -0.39 is 12.3 Å². The maximum Gasteiger partial charge on any atom is 0.575 e. The van der Waals surface area contributed by atoms with Crippen molar-refractivity contribution in [3.63, 3.8) is 0 Å². The molecule has 0 aromatic heterocycles. The summed E-state index contributed by atoms with van der Waals surface area (Å²) in [6.45, 7) is 14.5. The number of hydrogen-bond acceptors (Lipinski definition) is 12. The molecule has 0 unspecified atom stereocenters. The first-order valence-corrected chi connectivity index (χ1v) is 17.8. The van der Waals surface area contributed by atoms with Gasteiger partial charge in [0.15, 0.2) is 23.0 Å². The molecule has 0 spiro atoms. The molecule has 0 atom stereocenters. The minimum Gasteiger partial charge on any atom is -0.493 e. The van der Waals surface area contributed by atoms with E-state index in [4.69, 9.17) is 30.4 Å². The van der Waals surface area contributed by atoms with Gasteiger partial charge in [0.05, 0.1) is 28.4 Å². The van der Waals surface area contributed by atoms with Gasteiger partial charge >= 0.3 is 12.3 Å². The molecule has 0 bridgehead atoms. The highest BCUT2D eigenvalue weighted by atomic mass is 19.4. The molecule has 0 saturated carbocycles. The summed E-state index contributed by atoms with van der Waals surface area (Å²) in [5.41, 5.74) is 12.2. The Morgan fingerprint density at radius 1 is 0.833 bits per heavy atom. The number of unbranched alkanes of at least 4 members (excludes halogenated alkanes) is 4. The Morgan fingerprint density at radius 3 is 1.80 bits per heavy atom. The third kappa shape index (κ3) is 29.9. The molecule has 13 nitrogen and oxygen atoms in total. The molecule has 2 aromatic rings. The first kappa shape index (κ1) is 53.8. The molecule has 2 aromatic carbocycles. The van der Waals surface area contributed by atoms with E-state index in [1.165, 1.54) is 45.3 Å². The molecular formula is C38H65F3N4O9. The monoisotopic (exact) mass is 778 g/mol. The zero-order chi connectivity index (χ0) is 42.1. The van der Waals surface area contributed by atoms with Gasteiger partial charge in [-0.2, -0.15) is 0 Å². The van der Waals surface area contributed by atoms with Gasteiger partial charge in [-0.1, -0.05) is 60.3 Å². The predicted octanol–water partition coefficient (Wildman–Crippen LogP) is 7.64. The standard InChI is InChI=1S/C16H34N2O.C9H13NO3.C8H9NO3.C3H3F3O2.C2H6/c1-5-6-7-8-9-13-18(4)14-12-17-16(19)11-10-15(2)3;1-11-7-4-6(10)5-8(12-2)9(7)13-3;1-11-7-3-2-6(9)4-8(7)12-5-10;1-2(7)8-3(4,5)6;1-2/h15H,5-14H2,1-4H3,(H,17,19);4-5H,10H2,1-3H3;2-5H,9H2,1H3;1H3;1-2H3. The van der Waals surface area contributed by atoms with Crippen LogP contribution in [-0.4, -0.2) is 84.7 Å². The Balaban J connectivity index is -0.000000657. The molecular weight excluding hydrogens is 713 g/mol. The fourth-order valence-electron chi connectivity index (χ4n) is 4.09. The summed E-state index contributed by atoms with van der Waals surface area (Å²) in [7, 11) is 8.29. The fourth-order valence-corrected chi connectivity index (χ4v) is 4.09. The summed E-state index contributed by atoms with van der Waals surface area (Å²) in [6, 6.07) is 8.18. The summed E-state index contributed by atoms with van der Waals surface area (Å²) in [6.07, 6.45) is 3.45. The zero-order valence-electron chi connectivity index (χ0n) is 34.0. The molecule has 5 N–H and O–H groups in total. The third-order valence-corrected chi connectivity index (χ3v) is 6.72. The lowest BCUT2D eigenvalue weighted by Gasteiger charge is -2.16. The maximum atomic E-state index is 11.5. The van der Waals surface area contributed by atoms with Gasteiger partial charge in [-0.3, -0.25) is 14.4 Å². The van der Waals surface area contributed by atoms with E-state index in [1.54, 1.807) is 45.6 Å². The minimum atomic E-state index is -4.83. The van der Waals surface area contributed by atoms with Crippen molar-refractivity contribution in [2.24, 2.45) is 5.92 Å². The van der Waals surface area contributed by atoms with Crippen molar-refractivity contribution < 1.29 is 56.0 Å². The first-order chi connectivity index (χ1) is 25.5. The lowest BCUT2D eigenvalue weighted by molar-refractivity contribution is -0.304. The van der Waals surface area contributed by atoms with Gasteiger partial charge in [-0.05, 0) is 44.5 Å².